The van der Waals surface area contributed by atoms with Crippen molar-refractivity contribution >= 4 is 11.8 Å². The summed E-state index contributed by atoms with van der Waals surface area (Å²) < 4.78 is 5.71. The molecule has 0 aromatic heterocycles. The molecule has 2 fully saturated rings. The van der Waals surface area contributed by atoms with Crippen LogP contribution < -0.4 is 5.32 Å². The van der Waals surface area contributed by atoms with E-state index in [0.29, 0.717) is 36.5 Å². The highest BCUT2D eigenvalue weighted by atomic mass is 16.5. The molecule has 166 valence electrons. The highest BCUT2D eigenvalue weighted by molar-refractivity contribution is 5.94. The zero-order chi connectivity index (χ0) is 21.9. The summed E-state index contributed by atoms with van der Waals surface area (Å²) in [5, 5.41) is 3.10. The van der Waals surface area contributed by atoms with Crippen LogP contribution in [-0.4, -0.2) is 42.0 Å². The highest BCUT2D eigenvalue weighted by Gasteiger charge is 2.32. The van der Waals surface area contributed by atoms with Crippen molar-refractivity contribution in [3.8, 4) is 0 Å². The fraction of sp³-hybridized carbons (Fsp3) is 0.680. The number of amides is 2. The summed E-state index contributed by atoms with van der Waals surface area (Å²) in [6, 6.07) is 7.61. The summed E-state index contributed by atoms with van der Waals surface area (Å²) in [6.07, 6.45) is 4.36. The van der Waals surface area contributed by atoms with Gasteiger partial charge in [0.1, 0.15) is 0 Å². The first-order chi connectivity index (χ1) is 14.1. The topological polar surface area (TPSA) is 58.6 Å². The van der Waals surface area contributed by atoms with Crippen LogP contribution in [-0.2, 0) is 16.1 Å². The molecule has 1 saturated heterocycles. The maximum atomic E-state index is 12.8. The Hall–Kier alpha value is -1.88. The highest BCUT2D eigenvalue weighted by Crippen LogP contribution is 2.39. The molecule has 1 aromatic carbocycles. The van der Waals surface area contributed by atoms with E-state index in [9.17, 15) is 9.59 Å². The van der Waals surface area contributed by atoms with E-state index in [0.717, 1.165) is 31.2 Å². The summed E-state index contributed by atoms with van der Waals surface area (Å²) >= 11 is 0. The maximum absolute atomic E-state index is 12.8. The molecule has 1 heterocycles. The SMILES string of the molecule is CC1CN(C(=O)c2ccc(CNC(=O)C3CCC(C(C)(C)C)CC3)cc2)CC(C)O1. The molecule has 2 amide bonds. The smallest absolute Gasteiger partial charge is 0.254 e. The minimum atomic E-state index is 0.0446. The molecule has 1 N–H and O–H groups in total. The third-order valence-corrected chi connectivity index (χ3v) is 6.70. The molecule has 1 saturated carbocycles. The molecule has 2 unspecified atom stereocenters. The Morgan fingerprint density at radius 3 is 2.10 bits per heavy atom. The quantitative estimate of drug-likeness (QED) is 0.794. The fourth-order valence-electron chi connectivity index (χ4n) is 4.85. The van der Waals surface area contributed by atoms with Crippen LogP contribution in [0.4, 0.5) is 0 Å². The van der Waals surface area contributed by atoms with Crippen LogP contribution >= 0.6 is 0 Å². The Balaban J connectivity index is 1.48. The van der Waals surface area contributed by atoms with Gasteiger partial charge in [-0.15, -0.1) is 0 Å². The summed E-state index contributed by atoms with van der Waals surface area (Å²) in [5.74, 6) is 1.06. The van der Waals surface area contributed by atoms with Gasteiger partial charge in [0.05, 0.1) is 12.2 Å². The van der Waals surface area contributed by atoms with Crippen molar-refractivity contribution in [1.29, 1.82) is 0 Å². The normalized spacial score (nSPS) is 27.6. The Labute approximate surface area is 181 Å². The van der Waals surface area contributed by atoms with Gasteiger partial charge in [0, 0.05) is 31.1 Å². The molecule has 2 atom stereocenters. The molecule has 1 aliphatic carbocycles. The number of ether oxygens (including phenoxy) is 1. The van der Waals surface area contributed by atoms with Crippen molar-refractivity contribution in [2.75, 3.05) is 13.1 Å². The maximum Gasteiger partial charge on any atom is 0.254 e. The number of benzene rings is 1. The molecular weight excluding hydrogens is 376 g/mol. The van der Waals surface area contributed by atoms with Crippen LogP contribution in [0, 0.1) is 17.3 Å². The van der Waals surface area contributed by atoms with Gasteiger partial charge in [0.15, 0.2) is 0 Å². The molecule has 1 aromatic rings. The first-order valence-electron chi connectivity index (χ1n) is 11.4. The number of morpholine rings is 1. The molecule has 0 spiro atoms. The second-order valence-electron chi connectivity index (χ2n) is 10.3. The molecule has 1 aliphatic heterocycles. The number of nitrogens with one attached hydrogen (secondary N) is 1. The van der Waals surface area contributed by atoms with Gasteiger partial charge < -0.3 is 15.0 Å². The fourth-order valence-corrected chi connectivity index (χ4v) is 4.85. The van der Waals surface area contributed by atoms with Crippen molar-refractivity contribution < 1.29 is 14.3 Å². The summed E-state index contributed by atoms with van der Waals surface area (Å²) in [5.41, 5.74) is 2.04. The van der Waals surface area contributed by atoms with E-state index in [-0.39, 0.29) is 29.9 Å². The number of carbonyl (C=O) groups is 2. The largest absolute Gasteiger partial charge is 0.372 e. The number of nitrogens with zero attached hydrogens (tertiary/aromatic N) is 1. The Morgan fingerprint density at radius 1 is 1.00 bits per heavy atom. The lowest BCUT2D eigenvalue weighted by atomic mass is 9.69. The average molecular weight is 415 g/mol. The first kappa shape index (κ1) is 22.8. The van der Waals surface area contributed by atoms with Crippen LogP contribution in [0.1, 0.15) is 76.2 Å². The molecule has 0 bridgehead atoms. The number of hydrogen-bond donors (Lipinski definition) is 1. The lowest BCUT2D eigenvalue weighted by Crippen LogP contribution is -2.48. The molecular formula is C25H38N2O3. The van der Waals surface area contributed by atoms with Gasteiger partial charge in [-0.2, -0.15) is 0 Å². The van der Waals surface area contributed by atoms with Crippen LogP contribution in [0.5, 0.6) is 0 Å². The van der Waals surface area contributed by atoms with Gasteiger partial charge in [-0.3, -0.25) is 9.59 Å². The van der Waals surface area contributed by atoms with Crippen molar-refractivity contribution in [3.63, 3.8) is 0 Å². The minimum Gasteiger partial charge on any atom is -0.372 e. The molecule has 0 radical (unpaired) electrons. The number of hydrogen-bond acceptors (Lipinski definition) is 3. The lowest BCUT2D eigenvalue weighted by molar-refractivity contribution is -0.126. The predicted octanol–water partition coefficient (Wildman–Crippen LogP) is 4.40. The van der Waals surface area contributed by atoms with Gasteiger partial charge in [-0.05, 0) is 68.6 Å². The van der Waals surface area contributed by atoms with E-state index < -0.39 is 0 Å². The van der Waals surface area contributed by atoms with Gasteiger partial charge in [-0.1, -0.05) is 32.9 Å². The van der Waals surface area contributed by atoms with Crippen LogP contribution in [0.25, 0.3) is 0 Å². The summed E-state index contributed by atoms with van der Waals surface area (Å²) in [4.78, 5) is 27.2. The van der Waals surface area contributed by atoms with Crippen molar-refractivity contribution in [1.82, 2.24) is 10.2 Å². The predicted molar refractivity (Wildman–Crippen MR) is 119 cm³/mol. The van der Waals surface area contributed by atoms with Crippen molar-refractivity contribution in [2.45, 2.75) is 79.1 Å². The number of carbonyl (C=O) groups excluding carboxylic acids is 2. The van der Waals surface area contributed by atoms with E-state index in [1.165, 1.54) is 0 Å². The Kier molecular flexibility index (Phi) is 7.22. The summed E-state index contributed by atoms with van der Waals surface area (Å²) in [6.45, 7) is 12.6. The molecule has 3 rings (SSSR count). The second-order valence-corrected chi connectivity index (χ2v) is 10.3. The van der Waals surface area contributed by atoms with Crippen LogP contribution in [0.3, 0.4) is 0 Å². The molecule has 5 nitrogen and oxygen atoms in total. The molecule has 2 aliphatic rings. The summed E-state index contributed by atoms with van der Waals surface area (Å²) in [7, 11) is 0. The zero-order valence-electron chi connectivity index (χ0n) is 19.2. The Bertz CT molecular complexity index is 720. The monoisotopic (exact) mass is 414 g/mol. The van der Waals surface area contributed by atoms with Gasteiger partial charge in [0.25, 0.3) is 5.91 Å². The van der Waals surface area contributed by atoms with Crippen molar-refractivity contribution in [2.24, 2.45) is 17.3 Å². The number of rotatable bonds is 4. The van der Waals surface area contributed by atoms with Gasteiger partial charge >= 0.3 is 0 Å². The zero-order valence-corrected chi connectivity index (χ0v) is 19.2. The van der Waals surface area contributed by atoms with Crippen LogP contribution in [0.15, 0.2) is 24.3 Å². The van der Waals surface area contributed by atoms with E-state index >= 15 is 0 Å². The van der Waals surface area contributed by atoms with E-state index in [1.54, 1.807) is 0 Å². The standard InChI is InChI=1S/C25H38N2O3/c1-17-15-27(16-18(2)30-17)24(29)21-8-6-19(7-9-21)14-26-23(28)20-10-12-22(13-11-20)25(3,4)5/h6-9,17-18,20,22H,10-16H2,1-5H3,(H,26,28). The third-order valence-electron chi connectivity index (χ3n) is 6.70. The van der Waals surface area contributed by atoms with Gasteiger partial charge in [0.2, 0.25) is 5.91 Å². The molecule has 30 heavy (non-hydrogen) atoms. The molecule has 5 heteroatoms. The van der Waals surface area contributed by atoms with E-state index in [2.05, 4.69) is 26.1 Å². The Morgan fingerprint density at radius 2 is 1.57 bits per heavy atom. The minimum absolute atomic E-state index is 0.0446. The van der Waals surface area contributed by atoms with E-state index in [4.69, 9.17) is 4.74 Å². The van der Waals surface area contributed by atoms with E-state index in [1.807, 2.05) is 43.0 Å². The second kappa shape index (κ2) is 9.51. The van der Waals surface area contributed by atoms with Crippen molar-refractivity contribution in [3.05, 3.63) is 35.4 Å². The van der Waals surface area contributed by atoms with Gasteiger partial charge in [-0.25, -0.2) is 0 Å². The lowest BCUT2D eigenvalue weighted by Gasteiger charge is -2.36. The third kappa shape index (κ3) is 5.84. The average Bonchev–Trinajstić information content (AvgIpc) is 2.70. The van der Waals surface area contributed by atoms with Crippen LogP contribution in [0.2, 0.25) is 0 Å². The first-order valence-corrected chi connectivity index (χ1v) is 11.4.